The highest BCUT2D eigenvalue weighted by atomic mass is 32.2. The summed E-state index contributed by atoms with van der Waals surface area (Å²) in [6.45, 7) is 2.19. The summed E-state index contributed by atoms with van der Waals surface area (Å²) < 4.78 is 0. The number of nitrogens with zero attached hydrogens (tertiary/aromatic N) is 1. The van der Waals surface area contributed by atoms with Gasteiger partial charge in [0.25, 0.3) is 0 Å². The van der Waals surface area contributed by atoms with Crippen molar-refractivity contribution in [2.75, 3.05) is 0 Å². The van der Waals surface area contributed by atoms with E-state index in [1.54, 1.807) is 0 Å². The third-order valence-corrected chi connectivity index (χ3v) is 6.06. The molecule has 21 heavy (non-hydrogen) atoms. The predicted octanol–water partition coefficient (Wildman–Crippen LogP) is 4.19. The zero-order valence-corrected chi connectivity index (χ0v) is 13.6. The lowest BCUT2D eigenvalue weighted by molar-refractivity contribution is 0.301. The van der Waals surface area contributed by atoms with Crippen LogP contribution in [-0.2, 0) is 5.75 Å². The van der Waals surface area contributed by atoms with Crippen LogP contribution in [0.2, 0.25) is 0 Å². The number of benzene rings is 1. The third-order valence-electron chi connectivity index (χ3n) is 4.71. The molecule has 0 spiro atoms. The number of hydrogen-bond acceptors (Lipinski definition) is 3. The maximum absolute atomic E-state index is 9.64. The maximum Gasteiger partial charge on any atom is 0.108 e. The van der Waals surface area contributed by atoms with Gasteiger partial charge in [0.2, 0.25) is 0 Å². The van der Waals surface area contributed by atoms with Crippen molar-refractivity contribution in [1.29, 1.82) is 5.26 Å². The van der Waals surface area contributed by atoms with E-state index in [0.717, 1.165) is 18.6 Å². The zero-order valence-electron chi connectivity index (χ0n) is 12.8. The molecule has 0 aliphatic heterocycles. The van der Waals surface area contributed by atoms with E-state index < -0.39 is 0 Å². The van der Waals surface area contributed by atoms with Crippen molar-refractivity contribution >= 4 is 11.8 Å². The van der Waals surface area contributed by atoms with Gasteiger partial charge in [0.1, 0.15) is 5.54 Å². The van der Waals surface area contributed by atoms with E-state index >= 15 is 0 Å². The number of nitrogens with one attached hydrogen (secondary N) is 1. The molecule has 2 aliphatic carbocycles. The first kappa shape index (κ1) is 14.9. The second kappa shape index (κ2) is 6.42. The van der Waals surface area contributed by atoms with E-state index in [1.165, 1.54) is 36.8 Å². The van der Waals surface area contributed by atoms with Gasteiger partial charge in [-0.25, -0.2) is 0 Å². The average molecular weight is 300 g/mol. The SMILES string of the molecule is Cc1ccccc1CSC1CCCC(C#N)(NC2CC2)C1. The van der Waals surface area contributed by atoms with Crippen molar-refractivity contribution in [1.82, 2.24) is 5.32 Å². The molecule has 1 aromatic carbocycles. The molecule has 0 bridgehead atoms. The highest BCUT2D eigenvalue weighted by Gasteiger charge is 2.40. The van der Waals surface area contributed by atoms with Crippen LogP contribution in [0, 0.1) is 18.3 Å². The minimum atomic E-state index is -0.247. The summed E-state index contributed by atoms with van der Waals surface area (Å²) in [6.07, 6.45) is 6.98. The molecular formula is C18H24N2S. The van der Waals surface area contributed by atoms with Crippen LogP contribution < -0.4 is 5.32 Å². The maximum atomic E-state index is 9.64. The fraction of sp³-hybridized carbons (Fsp3) is 0.611. The fourth-order valence-electron chi connectivity index (χ4n) is 3.23. The van der Waals surface area contributed by atoms with E-state index in [2.05, 4.69) is 42.6 Å². The molecule has 2 atom stereocenters. The van der Waals surface area contributed by atoms with E-state index in [1.807, 2.05) is 11.8 Å². The first-order valence-corrected chi connectivity index (χ1v) is 9.11. The van der Waals surface area contributed by atoms with E-state index in [0.29, 0.717) is 11.3 Å². The summed E-state index contributed by atoms with van der Waals surface area (Å²) in [5.74, 6) is 1.07. The quantitative estimate of drug-likeness (QED) is 0.886. The van der Waals surface area contributed by atoms with Crippen LogP contribution >= 0.6 is 11.8 Å². The van der Waals surface area contributed by atoms with E-state index in [9.17, 15) is 5.26 Å². The van der Waals surface area contributed by atoms with Gasteiger partial charge in [0.15, 0.2) is 0 Å². The molecule has 3 rings (SSSR count). The minimum absolute atomic E-state index is 0.247. The van der Waals surface area contributed by atoms with Gasteiger partial charge in [0, 0.05) is 17.0 Å². The Labute approximate surface area is 132 Å². The fourth-order valence-corrected chi connectivity index (χ4v) is 4.70. The molecular weight excluding hydrogens is 276 g/mol. The molecule has 2 unspecified atom stereocenters. The van der Waals surface area contributed by atoms with Crippen molar-refractivity contribution in [2.45, 2.75) is 68.0 Å². The van der Waals surface area contributed by atoms with Crippen molar-refractivity contribution in [3.8, 4) is 6.07 Å². The van der Waals surface area contributed by atoms with Crippen LogP contribution in [0.4, 0.5) is 0 Å². The molecule has 2 saturated carbocycles. The normalized spacial score (nSPS) is 29.0. The summed E-state index contributed by atoms with van der Waals surface area (Å²) in [5, 5.41) is 13.9. The Kier molecular flexibility index (Phi) is 4.57. The van der Waals surface area contributed by atoms with E-state index in [-0.39, 0.29) is 5.54 Å². The van der Waals surface area contributed by atoms with Crippen LogP contribution in [0.3, 0.4) is 0 Å². The van der Waals surface area contributed by atoms with Crippen molar-refractivity contribution in [2.24, 2.45) is 0 Å². The topological polar surface area (TPSA) is 35.8 Å². The van der Waals surface area contributed by atoms with Gasteiger partial charge in [-0.1, -0.05) is 24.3 Å². The Hall–Kier alpha value is -0.980. The Bertz CT molecular complexity index is 532. The molecule has 1 aromatic rings. The highest BCUT2D eigenvalue weighted by molar-refractivity contribution is 7.99. The van der Waals surface area contributed by atoms with Gasteiger partial charge in [-0.3, -0.25) is 5.32 Å². The molecule has 2 fully saturated rings. The lowest BCUT2D eigenvalue weighted by Crippen LogP contribution is -2.49. The molecule has 2 nitrogen and oxygen atoms in total. The van der Waals surface area contributed by atoms with E-state index in [4.69, 9.17) is 0 Å². The Morgan fingerprint density at radius 2 is 2.14 bits per heavy atom. The van der Waals surface area contributed by atoms with Crippen LogP contribution in [0.25, 0.3) is 0 Å². The smallest absolute Gasteiger partial charge is 0.108 e. The first-order chi connectivity index (χ1) is 10.2. The standard InChI is InChI=1S/C18H24N2S/c1-14-5-2-3-6-15(14)12-21-17-7-4-10-18(11-17,13-19)20-16-8-9-16/h2-3,5-6,16-17,20H,4,7-12H2,1H3. The van der Waals surface area contributed by atoms with Crippen molar-refractivity contribution in [3.63, 3.8) is 0 Å². The van der Waals surface area contributed by atoms with Gasteiger partial charge >= 0.3 is 0 Å². The number of aryl methyl sites for hydroxylation is 1. The summed E-state index contributed by atoms with van der Waals surface area (Å²) >= 11 is 2.04. The number of rotatable bonds is 5. The van der Waals surface area contributed by atoms with Gasteiger partial charge in [0.05, 0.1) is 6.07 Å². The lowest BCUT2D eigenvalue weighted by Gasteiger charge is -2.36. The summed E-state index contributed by atoms with van der Waals surface area (Å²) in [7, 11) is 0. The monoisotopic (exact) mass is 300 g/mol. The van der Waals surface area contributed by atoms with Gasteiger partial charge in [-0.05, 0) is 56.6 Å². The Balaban J connectivity index is 1.58. The zero-order chi connectivity index (χ0) is 14.7. The molecule has 0 saturated heterocycles. The number of hydrogen-bond donors (Lipinski definition) is 1. The second-order valence-corrected chi connectivity index (χ2v) is 7.86. The lowest BCUT2D eigenvalue weighted by atomic mass is 9.82. The largest absolute Gasteiger partial charge is 0.297 e. The molecule has 0 amide bonds. The molecule has 1 N–H and O–H groups in total. The van der Waals surface area contributed by atoms with Gasteiger partial charge in [-0.15, -0.1) is 0 Å². The number of thioether (sulfide) groups is 1. The van der Waals surface area contributed by atoms with Crippen LogP contribution in [0.1, 0.15) is 49.7 Å². The molecule has 112 valence electrons. The van der Waals surface area contributed by atoms with Crippen LogP contribution in [-0.4, -0.2) is 16.8 Å². The van der Waals surface area contributed by atoms with Crippen molar-refractivity contribution < 1.29 is 0 Å². The molecule has 2 aliphatic rings. The summed E-state index contributed by atoms with van der Waals surface area (Å²) in [6, 6.07) is 11.9. The van der Waals surface area contributed by atoms with Crippen molar-refractivity contribution in [3.05, 3.63) is 35.4 Å². The Morgan fingerprint density at radius 1 is 1.33 bits per heavy atom. The molecule has 0 aromatic heterocycles. The average Bonchev–Trinajstić information content (AvgIpc) is 3.31. The summed E-state index contributed by atoms with van der Waals surface area (Å²) in [5.41, 5.74) is 2.57. The number of nitriles is 1. The van der Waals surface area contributed by atoms with Gasteiger partial charge in [-0.2, -0.15) is 17.0 Å². The third kappa shape index (κ3) is 3.81. The summed E-state index contributed by atoms with van der Waals surface area (Å²) in [4.78, 5) is 0. The van der Waals surface area contributed by atoms with Gasteiger partial charge < -0.3 is 0 Å². The van der Waals surface area contributed by atoms with Crippen LogP contribution in [0.5, 0.6) is 0 Å². The second-order valence-electron chi connectivity index (χ2n) is 6.57. The minimum Gasteiger partial charge on any atom is -0.297 e. The molecule has 0 heterocycles. The first-order valence-electron chi connectivity index (χ1n) is 8.06. The highest BCUT2D eigenvalue weighted by Crippen LogP contribution is 2.38. The predicted molar refractivity (Wildman–Crippen MR) is 89.2 cm³/mol. The molecule has 0 radical (unpaired) electrons. The Morgan fingerprint density at radius 3 is 2.86 bits per heavy atom. The van der Waals surface area contributed by atoms with Crippen LogP contribution in [0.15, 0.2) is 24.3 Å². The molecule has 3 heteroatoms.